The van der Waals surface area contributed by atoms with Crippen LogP contribution in [0.4, 0.5) is 0 Å². The van der Waals surface area contributed by atoms with Crippen molar-refractivity contribution in [2.75, 3.05) is 27.3 Å². The van der Waals surface area contributed by atoms with Gasteiger partial charge in [0.1, 0.15) is 23.0 Å². The molecule has 23 heavy (non-hydrogen) atoms. The van der Waals surface area contributed by atoms with Crippen LogP contribution in [0, 0.1) is 0 Å². The lowest BCUT2D eigenvalue weighted by Crippen LogP contribution is -2.31. The molecule has 2 aromatic carbocycles. The van der Waals surface area contributed by atoms with Crippen LogP contribution in [0.2, 0.25) is 5.02 Å². The molecule has 0 unspecified atom stereocenters. The standard InChI is InChI=1S/C16H18ClNO4S/c1-18(23(19,20)16-6-4-3-5-15(16)17)11-12-22-14-9-7-13(21-2)8-10-14/h3-10H,11-12H2,1-2H3. The Kier molecular flexibility index (Phi) is 5.87. The molecule has 0 spiro atoms. The van der Waals surface area contributed by atoms with E-state index in [1.165, 1.54) is 17.4 Å². The molecule has 0 bridgehead atoms. The quantitative estimate of drug-likeness (QED) is 0.766. The molecule has 0 fully saturated rings. The molecule has 2 aromatic rings. The maximum atomic E-state index is 12.4. The van der Waals surface area contributed by atoms with Crippen molar-refractivity contribution in [3.8, 4) is 11.5 Å². The van der Waals surface area contributed by atoms with E-state index in [1.807, 2.05) is 0 Å². The Morgan fingerprint density at radius 1 is 1.04 bits per heavy atom. The van der Waals surface area contributed by atoms with Gasteiger partial charge in [-0.2, -0.15) is 4.31 Å². The third-order valence-corrected chi connectivity index (χ3v) is 5.62. The predicted octanol–water partition coefficient (Wildman–Crippen LogP) is 3.05. The van der Waals surface area contributed by atoms with Crippen LogP contribution >= 0.6 is 11.6 Å². The number of methoxy groups -OCH3 is 1. The second-order valence-corrected chi connectivity index (χ2v) is 7.20. The zero-order chi connectivity index (χ0) is 16.9. The van der Waals surface area contributed by atoms with E-state index < -0.39 is 10.0 Å². The number of benzene rings is 2. The second kappa shape index (κ2) is 7.68. The molecule has 7 heteroatoms. The highest BCUT2D eigenvalue weighted by Gasteiger charge is 2.22. The Hall–Kier alpha value is -1.76. The summed E-state index contributed by atoms with van der Waals surface area (Å²) in [5, 5.41) is 0.204. The van der Waals surface area contributed by atoms with Gasteiger partial charge < -0.3 is 9.47 Å². The van der Waals surface area contributed by atoms with Gasteiger partial charge in [0, 0.05) is 13.6 Å². The van der Waals surface area contributed by atoms with E-state index in [0.717, 1.165) is 5.75 Å². The molecular formula is C16H18ClNO4S. The first kappa shape index (κ1) is 17.6. The van der Waals surface area contributed by atoms with Crippen LogP contribution in [0.5, 0.6) is 11.5 Å². The summed E-state index contributed by atoms with van der Waals surface area (Å²) in [5.41, 5.74) is 0. The molecule has 0 atom stereocenters. The number of likely N-dealkylation sites (N-methyl/N-ethyl adjacent to an activating group) is 1. The predicted molar refractivity (Wildman–Crippen MR) is 89.8 cm³/mol. The van der Waals surface area contributed by atoms with Gasteiger partial charge in [-0.3, -0.25) is 0 Å². The molecule has 0 aliphatic rings. The molecule has 0 heterocycles. The highest BCUT2D eigenvalue weighted by Crippen LogP contribution is 2.23. The van der Waals surface area contributed by atoms with E-state index in [1.54, 1.807) is 49.6 Å². The van der Waals surface area contributed by atoms with Crippen LogP contribution in [-0.4, -0.2) is 40.0 Å². The average molecular weight is 356 g/mol. The Labute approximate surface area is 141 Å². The zero-order valence-electron chi connectivity index (χ0n) is 12.9. The zero-order valence-corrected chi connectivity index (χ0v) is 14.5. The minimum Gasteiger partial charge on any atom is -0.497 e. The molecule has 0 aliphatic carbocycles. The first-order valence-corrected chi connectivity index (χ1v) is 8.74. The minimum atomic E-state index is -3.63. The fourth-order valence-electron chi connectivity index (χ4n) is 1.91. The van der Waals surface area contributed by atoms with Crippen LogP contribution < -0.4 is 9.47 Å². The maximum absolute atomic E-state index is 12.4. The van der Waals surface area contributed by atoms with Crippen molar-refractivity contribution in [3.63, 3.8) is 0 Å². The first-order valence-electron chi connectivity index (χ1n) is 6.93. The number of nitrogens with zero attached hydrogens (tertiary/aromatic N) is 1. The molecule has 124 valence electrons. The van der Waals surface area contributed by atoms with Crippen LogP contribution in [0.25, 0.3) is 0 Å². The highest BCUT2D eigenvalue weighted by atomic mass is 35.5. The van der Waals surface area contributed by atoms with Gasteiger partial charge in [-0.05, 0) is 36.4 Å². The lowest BCUT2D eigenvalue weighted by molar-refractivity contribution is 0.286. The van der Waals surface area contributed by atoms with E-state index in [4.69, 9.17) is 21.1 Å². The van der Waals surface area contributed by atoms with Gasteiger partial charge in [-0.15, -0.1) is 0 Å². The number of hydrogen-bond acceptors (Lipinski definition) is 4. The van der Waals surface area contributed by atoms with E-state index >= 15 is 0 Å². The van der Waals surface area contributed by atoms with E-state index in [-0.39, 0.29) is 23.1 Å². The normalized spacial score (nSPS) is 11.5. The third-order valence-electron chi connectivity index (χ3n) is 3.26. The van der Waals surface area contributed by atoms with Crippen LogP contribution in [-0.2, 0) is 10.0 Å². The van der Waals surface area contributed by atoms with E-state index in [2.05, 4.69) is 0 Å². The molecule has 0 aliphatic heterocycles. The molecule has 2 rings (SSSR count). The van der Waals surface area contributed by atoms with Crippen molar-refractivity contribution in [1.29, 1.82) is 0 Å². The van der Waals surface area contributed by atoms with Crippen molar-refractivity contribution in [2.24, 2.45) is 0 Å². The number of hydrogen-bond donors (Lipinski definition) is 0. The average Bonchev–Trinajstić information content (AvgIpc) is 2.55. The molecule has 0 saturated heterocycles. The first-order chi connectivity index (χ1) is 10.9. The summed E-state index contributed by atoms with van der Waals surface area (Å²) in [5.74, 6) is 1.38. The summed E-state index contributed by atoms with van der Waals surface area (Å²) in [6.45, 7) is 0.437. The van der Waals surface area contributed by atoms with Crippen molar-refractivity contribution < 1.29 is 17.9 Å². The molecule has 0 amide bonds. The van der Waals surface area contributed by atoms with Gasteiger partial charge in [0.05, 0.1) is 12.1 Å². The Bertz CT molecular complexity index is 747. The van der Waals surface area contributed by atoms with Crippen LogP contribution in [0.3, 0.4) is 0 Å². The summed E-state index contributed by atoms with van der Waals surface area (Å²) in [6.07, 6.45) is 0. The summed E-state index contributed by atoms with van der Waals surface area (Å²) in [4.78, 5) is 0.0913. The molecule has 0 radical (unpaired) electrons. The van der Waals surface area contributed by atoms with Crippen molar-refractivity contribution in [2.45, 2.75) is 4.90 Å². The van der Waals surface area contributed by atoms with Gasteiger partial charge >= 0.3 is 0 Å². The number of sulfonamides is 1. The van der Waals surface area contributed by atoms with E-state index in [0.29, 0.717) is 5.75 Å². The Morgan fingerprint density at radius 2 is 1.65 bits per heavy atom. The Balaban J connectivity index is 1.96. The molecule has 0 aromatic heterocycles. The summed E-state index contributed by atoms with van der Waals surface area (Å²) < 4.78 is 36.7. The number of rotatable bonds is 7. The summed E-state index contributed by atoms with van der Waals surface area (Å²) in [6, 6.07) is 13.4. The fraction of sp³-hybridized carbons (Fsp3) is 0.250. The second-order valence-electron chi connectivity index (χ2n) is 4.78. The highest BCUT2D eigenvalue weighted by molar-refractivity contribution is 7.89. The topological polar surface area (TPSA) is 55.8 Å². The minimum absolute atomic E-state index is 0.0913. The number of halogens is 1. The fourth-order valence-corrected chi connectivity index (χ4v) is 3.55. The lowest BCUT2D eigenvalue weighted by Gasteiger charge is -2.18. The van der Waals surface area contributed by atoms with Crippen molar-refractivity contribution in [3.05, 3.63) is 53.6 Å². The SMILES string of the molecule is COc1ccc(OCCN(C)S(=O)(=O)c2ccccc2Cl)cc1. The smallest absolute Gasteiger partial charge is 0.244 e. The van der Waals surface area contributed by atoms with Gasteiger partial charge in [-0.25, -0.2) is 8.42 Å². The molecular weight excluding hydrogens is 338 g/mol. The largest absolute Gasteiger partial charge is 0.497 e. The molecule has 0 saturated carbocycles. The number of ether oxygens (including phenoxy) is 2. The van der Waals surface area contributed by atoms with Gasteiger partial charge in [0.2, 0.25) is 10.0 Å². The van der Waals surface area contributed by atoms with Crippen molar-refractivity contribution in [1.82, 2.24) is 4.31 Å². The monoisotopic (exact) mass is 355 g/mol. The summed E-state index contributed by atoms with van der Waals surface area (Å²) in [7, 11) is -0.550. The molecule has 5 nitrogen and oxygen atoms in total. The van der Waals surface area contributed by atoms with Gasteiger partial charge in [-0.1, -0.05) is 23.7 Å². The lowest BCUT2D eigenvalue weighted by atomic mass is 10.3. The van der Waals surface area contributed by atoms with E-state index in [9.17, 15) is 8.42 Å². The summed E-state index contributed by atoms with van der Waals surface area (Å²) >= 11 is 5.96. The maximum Gasteiger partial charge on any atom is 0.244 e. The molecule has 0 N–H and O–H groups in total. The van der Waals surface area contributed by atoms with Gasteiger partial charge in [0.25, 0.3) is 0 Å². The Morgan fingerprint density at radius 3 is 2.26 bits per heavy atom. The van der Waals surface area contributed by atoms with Crippen molar-refractivity contribution >= 4 is 21.6 Å². The van der Waals surface area contributed by atoms with Crippen LogP contribution in [0.15, 0.2) is 53.4 Å². The third kappa shape index (κ3) is 4.37. The van der Waals surface area contributed by atoms with Crippen LogP contribution in [0.1, 0.15) is 0 Å². The van der Waals surface area contributed by atoms with Gasteiger partial charge in [0.15, 0.2) is 0 Å².